The second-order valence-corrected chi connectivity index (χ2v) is 14.8. The predicted octanol–water partition coefficient (Wildman–Crippen LogP) is 11.6. The van der Waals surface area contributed by atoms with Gasteiger partial charge in [-0.2, -0.15) is 0 Å². The third-order valence-electron chi connectivity index (χ3n) is 11.6. The Labute approximate surface area is 308 Å². The average molecular weight is 680 g/mol. The number of para-hydroxylation sites is 1. The summed E-state index contributed by atoms with van der Waals surface area (Å²) < 4.78 is 6.71. The Kier molecular flexibility index (Phi) is 6.19. The van der Waals surface area contributed by atoms with E-state index in [9.17, 15) is 0 Å². The van der Waals surface area contributed by atoms with E-state index in [1.54, 1.807) is 0 Å². The lowest BCUT2D eigenvalue weighted by atomic mass is 9.66. The number of ether oxygens (including phenoxy) is 1. The Hall–Kier alpha value is -6.65. The van der Waals surface area contributed by atoms with Crippen LogP contribution in [0.3, 0.4) is 0 Å². The normalized spacial score (nSPS) is 14.7. The van der Waals surface area contributed by atoms with Crippen molar-refractivity contribution in [3.63, 3.8) is 0 Å². The number of rotatable bonds is 3. The van der Waals surface area contributed by atoms with Crippen molar-refractivity contribution in [1.82, 2.24) is 15.0 Å². The summed E-state index contributed by atoms with van der Waals surface area (Å²) in [6.45, 7) is 4.61. The van der Waals surface area contributed by atoms with Crippen LogP contribution in [0.15, 0.2) is 164 Å². The quantitative estimate of drug-likeness (QED) is 0.186. The molecular formula is C49H33N3O. The van der Waals surface area contributed by atoms with Crippen molar-refractivity contribution in [1.29, 1.82) is 0 Å². The van der Waals surface area contributed by atoms with Crippen LogP contribution in [0.5, 0.6) is 11.5 Å². The predicted molar refractivity (Wildman–Crippen MR) is 211 cm³/mol. The van der Waals surface area contributed by atoms with Gasteiger partial charge >= 0.3 is 0 Å². The molecule has 0 atom stereocenters. The van der Waals surface area contributed by atoms with Crippen molar-refractivity contribution in [3.05, 3.63) is 197 Å². The molecule has 0 unspecified atom stereocenters. The Morgan fingerprint density at radius 3 is 1.47 bits per heavy atom. The zero-order valence-electron chi connectivity index (χ0n) is 29.3. The minimum Gasteiger partial charge on any atom is -0.457 e. The van der Waals surface area contributed by atoms with Crippen LogP contribution in [0, 0.1) is 0 Å². The van der Waals surface area contributed by atoms with Gasteiger partial charge in [0.15, 0.2) is 17.5 Å². The first-order valence-electron chi connectivity index (χ1n) is 18.2. The molecule has 0 radical (unpaired) electrons. The molecule has 0 saturated carbocycles. The molecule has 0 fully saturated rings. The minimum atomic E-state index is -0.577. The Morgan fingerprint density at radius 2 is 0.811 bits per heavy atom. The number of hydrogen-bond acceptors (Lipinski definition) is 4. The molecule has 0 N–H and O–H groups in total. The summed E-state index contributed by atoms with van der Waals surface area (Å²) in [5.74, 6) is 3.60. The fourth-order valence-electron chi connectivity index (χ4n) is 9.19. The molecule has 1 aromatic heterocycles. The van der Waals surface area contributed by atoms with Crippen molar-refractivity contribution in [2.24, 2.45) is 0 Å². The molecule has 0 amide bonds. The van der Waals surface area contributed by atoms with Gasteiger partial charge in [-0.25, -0.2) is 15.0 Å². The summed E-state index contributed by atoms with van der Waals surface area (Å²) in [7, 11) is 0. The molecule has 11 rings (SSSR count). The van der Waals surface area contributed by atoms with Gasteiger partial charge in [-0.3, -0.25) is 0 Å². The molecule has 1 spiro atoms. The maximum atomic E-state index is 6.71. The number of benzene rings is 7. The molecule has 4 nitrogen and oxygen atoms in total. The summed E-state index contributed by atoms with van der Waals surface area (Å²) in [6.07, 6.45) is 0. The van der Waals surface area contributed by atoms with Crippen molar-refractivity contribution in [2.75, 3.05) is 0 Å². The first kappa shape index (κ1) is 30.0. The van der Waals surface area contributed by atoms with Crippen LogP contribution in [0.4, 0.5) is 0 Å². The fourth-order valence-corrected chi connectivity index (χ4v) is 9.19. The van der Waals surface area contributed by atoms with E-state index in [1.165, 1.54) is 44.5 Å². The van der Waals surface area contributed by atoms with Gasteiger partial charge in [0.2, 0.25) is 0 Å². The standard InChI is InChI=1S/C49H33N3O/c1-48(2)37-19-9-6-16-33(37)36-26-24-31(28-41(36)48)46-50-45(30-14-4-3-5-15-30)51-47(52-46)32-25-27-44-42(29-32)49(40-22-12-13-23-43(40)53-44)38-20-10-7-17-34(38)35-18-8-11-21-39(35)49/h3-29H,1-2H3. The highest BCUT2D eigenvalue weighted by Crippen LogP contribution is 2.62. The number of aromatic nitrogens is 3. The first-order valence-corrected chi connectivity index (χ1v) is 18.2. The lowest BCUT2D eigenvalue weighted by molar-refractivity contribution is 0.436. The van der Waals surface area contributed by atoms with Gasteiger partial charge in [0.25, 0.3) is 0 Å². The summed E-state index contributed by atoms with van der Waals surface area (Å²) in [6, 6.07) is 58.1. The highest BCUT2D eigenvalue weighted by Gasteiger charge is 2.51. The van der Waals surface area contributed by atoms with E-state index in [4.69, 9.17) is 19.7 Å². The smallest absolute Gasteiger partial charge is 0.164 e. The molecule has 7 aromatic carbocycles. The molecule has 2 aliphatic carbocycles. The van der Waals surface area contributed by atoms with E-state index in [0.717, 1.165) is 39.3 Å². The number of fused-ring (bicyclic) bond motifs is 12. The molecule has 2 heterocycles. The second kappa shape index (κ2) is 10.9. The van der Waals surface area contributed by atoms with Crippen LogP contribution in [0.25, 0.3) is 56.4 Å². The van der Waals surface area contributed by atoms with E-state index < -0.39 is 5.41 Å². The van der Waals surface area contributed by atoms with Crippen molar-refractivity contribution < 1.29 is 4.74 Å². The summed E-state index contributed by atoms with van der Waals surface area (Å²) in [4.78, 5) is 15.5. The third kappa shape index (κ3) is 4.15. The first-order chi connectivity index (χ1) is 26.0. The molecule has 0 bridgehead atoms. The summed E-state index contributed by atoms with van der Waals surface area (Å²) >= 11 is 0. The maximum absolute atomic E-state index is 6.71. The molecule has 8 aromatic rings. The number of nitrogens with zero attached hydrogens (tertiary/aromatic N) is 3. The van der Waals surface area contributed by atoms with Crippen LogP contribution in [-0.4, -0.2) is 15.0 Å². The molecule has 250 valence electrons. The van der Waals surface area contributed by atoms with E-state index in [2.05, 4.69) is 159 Å². The van der Waals surface area contributed by atoms with Gasteiger partial charge in [0, 0.05) is 33.2 Å². The van der Waals surface area contributed by atoms with Gasteiger partial charge in [0.1, 0.15) is 11.5 Å². The van der Waals surface area contributed by atoms with Crippen molar-refractivity contribution in [3.8, 4) is 67.9 Å². The Bertz CT molecular complexity index is 2760. The zero-order chi connectivity index (χ0) is 35.3. The van der Waals surface area contributed by atoms with Crippen LogP contribution >= 0.6 is 0 Å². The zero-order valence-corrected chi connectivity index (χ0v) is 29.3. The summed E-state index contributed by atoms with van der Waals surface area (Å²) in [5.41, 5.74) is 14.5. The lowest BCUT2D eigenvalue weighted by Crippen LogP contribution is -2.32. The van der Waals surface area contributed by atoms with Crippen molar-refractivity contribution in [2.45, 2.75) is 24.7 Å². The Morgan fingerprint density at radius 1 is 0.358 bits per heavy atom. The van der Waals surface area contributed by atoms with E-state index in [-0.39, 0.29) is 5.41 Å². The Balaban J connectivity index is 1.14. The molecule has 3 aliphatic rings. The fraction of sp³-hybridized carbons (Fsp3) is 0.0816. The van der Waals surface area contributed by atoms with Gasteiger partial charge in [0.05, 0.1) is 5.41 Å². The SMILES string of the molecule is CC1(C)c2ccccc2-c2ccc(-c3nc(-c4ccccc4)nc(-c4ccc5c(c4)C4(c6ccccc6O5)c5ccccc5-c5ccccc54)n3)cc21. The highest BCUT2D eigenvalue weighted by molar-refractivity contribution is 5.89. The monoisotopic (exact) mass is 679 g/mol. The topological polar surface area (TPSA) is 47.9 Å². The molecule has 1 aliphatic heterocycles. The van der Waals surface area contributed by atoms with Gasteiger partial charge in [-0.05, 0) is 74.8 Å². The molecule has 53 heavy (non-hydrogen) atoms. The van der Waals surface area contributed by atoms with Crippen molar-refractivity contribution >= 4 is 0 Å². The molecule has 4 heteroatoms. The van der Waals surface area contributed by atoms with E-state index >= 15 is 0 Å². The largest absolute Gasteiger partial charge is 0.457 e. The van der Waals surface area contributed by atoms with Crippen LogP contribution in [-0.2, 0) is 10.8 Å². The summed E-state index contributed by atoms with van der Waals surface area (Å²) in [5, 5.41) is 0. The molecule has 0 saturated heterocycles. The lowest BCUT2D eigenvalue weighted by Gasteiger charge is -2.39. The van der Waals surface area contributed by atoms with Gasteiger partial charge < -0.3 is 4.74 Å². The third-order valence-corrected chi connectivity index (χ3v) is 11.6. The maximum Gasteiger partial charge on any atom is 0.164 e. The van der Waals surface area contributed by atoms with Crippen LogP contribution in [0.1, 0.15) is 47.2 Å². The highest BCUT2D eigenvalue weighted by atomic mass is 16.5. The van der Waals surface area contributed by atoms with E-state index in [1.807, 2.05) is 18.2 Å². The minimum absolute atomic E-state index is 0.142. The molecular weight excluding hydrogens is 647 g/mol. The second-order valence-electron chi connectivity index (χ2n) is 14.8. The van der Waals surface area contributed by atoms with Gasteiger partial charge in [-0.1, -0.05) is 147 Å². The van der Waals surface area contributed by atoms with Crippen LogP contribution in [0.2, 0.25) is 0 Å². The average Bonchev–Trinajstić information content (AvgIpc) is 3.64. The van der Waals surface area contributed by atoms with Crippen LogP contribution < -0.4 is 4.74 Å². The number of hydrogen-bond donors (Lipinski definition) is 0. The van der Waals surface area contributed by atoms with Gasteiger partial charge in [-0.15, -0.1) is 0 Å². The van der Waals surface area contributed by atoms with E-state index in [0.29, 0.717) is 17.5 Å².